The van der Waals surface area contributed by atoms with Gasteiger partial charge in [-0.3, -0.25) is 9.59 Å². The van der Waals surface area contributed by atoms with Crippen molar-refractivity contribution in [1.29, 1.82) is 0 Å². The zero-order valence-corrected chi connectivity index (χ0v) is 20.5. The number of primary amides is 1. The highest BCUT2D eigenvalue weighted by Gasteiger charge is 2.35. The second-order valence-corrected chi connectivity index (χ2v) is 11.0. The van der Waals surface area contributed by atoms with Crippen molar-refractivity contribution in [1.82, 2.24) is 10.6 Å². The number of rotatable bonds is 5. The highest BCUT2D eigenvalue weighted by Crippen LogP contribution is 2.38. The molecule has 5 N–H and O–H groups in total. The monoisotopic (exact) mass is 518 g/mol. The lowest BCUT2D eigenvalue weighted by molar-refractivity contribution is 0.0933. The van der Waals surface area contributed by atoms with Crippen LogP contribution in [0, 0.1) is 6.92 Å². The Labute approximate surface area is 204 Å². The number of thiocarbonyl (C=S) groups is 1. The van der Waals surface area contributed by atoms with E-state index in [2.05, 4.69) is 16.0 Å². The predicted octanol–water partition coefficient (Wildman–Crippen LogP) is 4.45. The number of nitrogens with two attached hydrogens (primary N) is 1. The molecule has 1 aliphatic rings. The third-order valence-electron chi connectivity index (χ3n) is 4.91. The molecule has 166 valence electrons. The average Bonchev–Trinajstić information content (AvgIpc) is 3.04. The first kappa shape index (κ1) is 24.1. The van der Waals surface area contributed by atoms with Gasteiger partial charge in [0.2, 0.25) is 3.79 Å². The van der Waals surface area contributed by atoms with Crippen LogP contribution in [0.1, 0.15) is 49.6 Å². The SMILES string of the molecule is Cc1ccccc1C(=O)N[C@@H](NC(=S)Nc1sc2c(c1C(N)=O)CCCC2)C(Cl)(Cl)Cl. The van der Waals surface area contributed by atoms with Crippen LogP contribution in [0.2, 0.25) is 0 Å². The fraction of sp³-hybridized carbons (Fsp3) is 0.350. The topological polar surface area (TPSA) is 96.2 Å². The van der Waals surface area contributed by atoms with E-state index in [1.807, 2.05) is 19.1 Å². The fourth-order valence-corrected chi connectivity index (χ4v) is 5.33. The summed E-state index contributed by atoms with van der Waals surface area (Å²) in [6, 6.07) is 7.05. The number of hydrogen-bond acceptors (Lipinski definition) is 4. The predicted molar refractivity (Wildman–Crippen MR) is 132 cm³/mol. The molecule has 2 amide bonds. The maximum atomic E-state index is 12.7. The Hall–Kier alpha value is -1.58. The number of carbonyl (C=O) groups excluding carboxylic acids is 2. The van der Waals surface area contributed by atoms with E-state index in [1.54, 1.807) is 12.1 Å². The molecule has 0 spiro atoms. The van der Waals surface area contributed by atoms with Crippen molar-refractivity contribution in [3.63, 3.8) is 0 Å². The first-order valence-electron chi connectivity index (χ1n) is 9.53. The normalized spacial score (nSPS) is 14.3. The molecule has 6 nitrogen and oxygen atoms in total. The molecule has 0 saturated carbocycles. The van der Waals surface area contributed by atoms with Crippen molar-refractivity contribution in [3.8, 4) is 0 Å². The minimum absolute atomic E-state index is 0.0857. The van der Waals surface area contributed by atoms with Crippen LogP contribution in [0.5, 0.6) is 0 Å². The highest BCUT2D eigenvalue weighted by molar-refractivity contribution is 7.80. The van der Waals surface area contributed by atoms with E-state index in [0.29, 0.717) is 16.1 Å². The number of aryl methyl sites for hydroxylation is 2. The number of benzene rings is 1. The van der Waals surface area contributed by atoms with Crippen LogP contribution in [0.4, 0.5) is 5.00 Å². The first-order valence-corrected chi connectivity index (χ1v) is 11.9. The molecule has 0 aliphatic heterocycles. The van der Waals surface area contributed by atoms with E-state index in [0.717, 1.165) is 41.7 Å². The van der Waals surface area contributed by atoms with Crippen molar-refractivity contribution in [3.05, 3.63) is 51.4 Å². The van der Waals surface area contributed by atoms with Crippen LogP contribution in [0.25, 0.3) is 0 Å². The molecular formula is C20H21Cl3N4O2S2. The van der Waals surface area contributed by atoms with E-state index < -0.39 is 21.8 Å². The van der Waals surface area contributed by atoms with Crippen molar-refractivity contribution < 1.29 is 9.59 Å². The van der Waals surface area contributed by atoms with Crippen LogP contribution in [0.15, 0.2) is 24.3 Å². The molecule has 1 heterocycles. The van der Waals surface area contributed by atoms with Gasteiger partial charge in [0.1, 0.15) is 11.2 Å². The molecule has 0 radical (unpaired) electrons. The van der Waals surface area contributed by atoms with Gasteiger partial charge in [0.15, 0.2) is 5.11 Å². The summed E-state index contributed by atoms with van der Waals surface area (Å²) < 4.78 is -1.90. The van der Waals surface area contributed by atoms with E-state index in [9.17, 15) is 9.59 Å². The summed E-state index contributed by atoms with van der Waals surface area (Å²) >= 11 is 25.0. The molecule has 0 fully saturated rings. The zero-order valence-electron chi connectivity index (χ0n) is 16.6. The third-order valence-corrected chi connectivity index (χ3v) is 6.99. The van der Waals surface area contributed by atoms with Crippen molar-refractivity contribution in [2.75, 3.05) is 5.32 Å². The number of thiophene rings is 1. The molecule has 31 heavy (non-hydrogen) atoms. The Balaban J connectivity index is 1.76. The number of carbonyl (C=O) groups is 2. The van der Waals surface area contributed by atoms with Crippen molar-refractivity contribution in [2.45, 2.75) is 42.6 Å². The highest BCUT2D eigenvalue weighted by atomic mass is 35.6. The van der Waals surface area contributed by atoms with Gasteiger partial charge < -0.3 is 21.7 Å². The molecule has 3 rings (SSSR count). The largest absolute Gasteiger partial charge is 0.365 e. The molecular weight excluding hydrogens is 499 g/mol. The van der Waals surface area contributed by atoms with Crippen LogP contribution in [-0.4, -0.2) is 26.9 Å². The van der Waals surface area contributed by atoms with Crippen LogP contribution in [0.3, 0.4) is 0 Å². The molecule has 0 saturated heterocycles. The number of hydrogen-bond donors (Lipinski definition) is 4. The number of amides is 2. The lowest BCUT2D eigenvalue weighted by Crippen LogP contribution is -2.56. The van der Waals surface area contributed by atoms with Gasteiger partial charge in [-0.2, -0.15) is 0 Å². The second-order valence-electron chi connectivity index (χ2n) is 7.14. The van der Waals surface area contributed by atoms with E-state index in [4.69, 9.17) is 52.8 Å². The quantitative estimate of drug-likeness (QED) is 0.266. The fourth-order valence-electron chi connectivity index (χ4n) is 3.42. The Bertz CT molecular complexity index is 1020. The molecule has 0 unspecified atom stereocenters. The third kappa shape index (κ3) is 5.81. The standard InChI is InChI=1S/C20H21Cl3N4O2S2/c1-10-6-2-3-7-11(10)16(29)25-18(20(21,22)23)27-19(30)26-17-14(15(24)28)12-8-4-5-9-13(12)31-17/h2-3,6-7,18H,4-5,8-9H2,1H3,(H2,24,28)(H,25,29)(H2,26,27,30)/t18-/m0/s1. The molecule has 1 atom stereocenters. The van der Waals surface area contributed by atoms with Crippen molar-refractivity contribution >= 4 is 80.3 Å². The lowest BCUT2D eigenvalue weighted by atomic mass is 9.95. The van der Waals surface area contributed by atoms with E-state index in [1.165, 1.54) is 11.3 Å². The summed E-state index contributed by atoms with van der Waals surface area (Å²) in [5, 5.41) is 9.09. The lowest BCUT2D eigenvalue weighted by Gasteiger charge is -2.28. The smallest absolute Gasteiger partial charge is 0.253 e. The van der Waals surface area contributed by atoms with Gasteiger partial charge in [0.25, 0.3) is 11.8 Å². The molecule has 0 bridgehead atoms. The molecule has 11 heteroatoms. The minimum Gasteiger partial charge on any atom is -0.365 e. The summed E-state index contributed by atoms with van der Waals surface area (Å²) in [5.41, 5.74) is 8.26. The summed E-state index contributed by atoms with van der Waals surface area (Å²) in [6.45, 7) is 1.81. The Kier molecular flexibility index (Phi) is 7.70. The maximum Gasteiger partial charge on any atom is 0.253 e. The van der Waals surface area contributed by atoms with Crippen LogP contribution in [-0.2, 0) is 12.8 Å². The Morgan fingerprint density at radius 1 is 1.16 bits per heavy atom. The number of nitrogens with one attached hydrogen (secondary N) is 3. The number of alkyl halides is 3. The summed E-state index contributed by atoms with van der Waals surface area (Å²) in [4.78, 5) is 25.9. The van der Waals surface area contributed by atoms with Crippen molar-refractivity contribution in [2.24, 2.45) is 5.73 Å². The van der Waals surface area contributed by atoms with Crippen LogP contribution < -0.4 is 21.7 Å². The van der Waals surface area contributed by atoms with Gasteiger partial charge in [-0.1, -0.05) is 53.0 Å². The first-order chi connectivity index (χ1) is 14.6. The molecule has 2 aromatic rings. The minimum atomic E-state index is -1.90. The van der Waals surface area contributed by atoms with Gasteiger partial charge in [-0.05, 0) is 62.0 Å². The maximum absolute atomic E-state index is 12.7. The van der Waals surface area contributed by atoms with Gasteiger partial charge in [0, 0.05) is 10.4 Å². The van der Waals surface area contributed by atoms with Gasteiger partial charge in [0.05, 0.1) is 5.56 Å². The second kappa shape index (κ2) is 9.92. The number of fused-ring (bicyclic) bond motifs is 1. The van der Waals surface area contributed by atoms with Gasteiger partial charge >= 0.3 is 0 Å². The van der Waals surface area contributed by atoms with Gasteiger partial charge in [-0.15, -0.1) is 11.3 Å². The van der Waals surface area contributed by atoms with Crippen LogP contribution >= 0.6 is 58.4 Å². The van der Waals surface area contributed by atoms with Gasteiger partial charge in [-0.25, -0.2) is 0 Å². The molecule has 1 aliphatic carbocycles. The zero-order chi connectivity index (χ0) is 22.8. The summed E-state index contributed by atoms with van der Waals surface area (Å²) in [6.07, 6.45) is 2.64. The van der Waals surface area contributed by atoms with E-state index in [-0.39, 0.29) is 5.11 Å². The summed E-state index contributed by atoms with van der Waals surface area (Å²) in [5.74, 6) is -0.940. The number of anilines is 1. The Morgan fingerprint density at radius 3 is 2.48 bits per heavy atom. The molecule has 1 aromatic carbocycles. The molecule has 1 aromatic heterocycles. The average molecular weight is 520 g/mol. The van der Waals surface area contributed by atoms with E-state index >= 15 is 0 Å². The Morgan fingerprint density at radius 2 is 1.84 bits per heavy atom. The number of halogens is 3. The summed E-state index contributed by atoms with van der Waals surface area (Å²) in [7, 11) is 0.